The summed E-state index contributed by atoms with van der Waals surface area (Å²) in [6.07, 6.45) is 1.32. The molecule has 98 valence electrons. The third-order valence-corrected chi connectivity index (χ3v) is 2.66. The van der Waals surface area contributed by atoms with E-state index in [1.165, 1.54) is 24.4 Å². The fraction of sp³-hybridized carbons (Fsp3) is 0.167. The number of hydrogen-bond donors (Lipinski definition) is 1. The number of rotatable bonds is 3. The van der Waals surface area contributed by atoms with Crippen molar-refractivity contribution >= 4 is 17.3 Å². The van der Waals surface area contributed by atoms with Crippen LogP contribution in [0.15, 0.2) is 28.9 Å². The second-order valence-corrected chi connectivity index (χ2v) is 4.01. The van der Waals surface area contributed by atoms with Crippen molar-refractivity contribution in [1.82, 2.24) is 5.16 Å². The molecule has 0 saturated heterocycles. The number of nitro benzene ring substituents is 1. The molecule has 2 rings (SSSR count). The average Bonchev–Trinajstić information content (AvgIpc) is 2.77. The summed E-state index contributed by atoms with van der Waals surface area (Å²) in [5.74, 6) is 0.0489. The van der Waals surface area contributed by atoms with Crippen molar-refractivity contribution in [2.45, 2.75) is 13.8 Å². The summed E-state index contributed by atoms with van der Waals surface area (Å²) in [7, 11) is 0. The van der Waals surface area contributed by atoms with Gasteiger partial charge in [0.1, 0.15) is 11.3 Å². The van der Waals surface area contributed by atoms with E-state index in [-0.39, 0.29) is 11.6 Å². The van der Waals surface area contributed by atoms with Crippen molar-refractivity contribution in [3.05, 3.63) is 51.4 Å². The monoisotopic (exact) mass is 261 g/mol. The van der Waals surface area contributed by atoms with E-state index < -0.39 is 4.92 Å². The second kappa shape index (κ2) is 4.89. The zero-order chi connectivity index (χ0) is 14.0. The van der Waals surface area contributed by atoms with Crippen molar-refractivity contribution in [2.75, 3.05) is 5.32 Å². The van der Waals surface area contributed by atoms with Crippen LogP contribution in [0.25, 0.3) is 0 Å². The molecule has 19 heavy (non-hydrogen) atoms. The Hall–Kier alpha value is -2.70. The van der Waals surface area contributed by atoms with Gasteiger partial charge in [0, 0.05) is 17.8 Å². The Morgan fingerprint density at radius 3 is 2.68 bits per heavy atom. The van der Waals surface area contributed by atoms with Crippen LogP contribution in [-0.4, -0.2) is 16.0 Å². The second-order valence-electron chi connectivity index (χ2n) is 4.01. The topological polar surface area (TPSA) is 98.3 Å². The molecule has 2 aromatic rings. The minimum absolute atomic E-state index is 0.0170. The van der Waals surface area contributed by atoms with Gasteiger partial charge in [-0.05, 0) is 25.5 Å². The predicted molar refractivity (Wildman–Crippen MR) is 67.0 cm³/mol. The van der Waals surface area contributed by atoms with Gasteiger partial charge in [0.15, 0.2) is 0 Å². The predicted octanol–water partition coefficient (Wildman–Crippen LogP) is 2.45. The van der Waals surface area contributed by atoms with Crippen molar-refractivity contribution in [3.63, 3.8) is 0 Å². The first-order valence-electron chi connectivity index (χ1n) is 5.46. The quantitative estimate of drug-likeness (QED) is 0.675. The van der Waals surface area contributed by atoms with Gasteiger partial charge in [-0.2, -0.15) is 0 Å². The maximum atomic E-state index is 11.9. The van der Waals surface area contributed by atoms with E-state index in [2.05, 4.69) is 10.5 Å². The third-order valence-electron chi connectivity index (χ3n) is 2.66. The Morgan fingerprint density at radius 1 is 1.42 bits per heavy atom. The molecular formula is C12H11N3O4. The molecule has 7 nitrogen and oxygen atoms in total. The van der Waals surface area contributed by atoms with E-state index in [9.17, 15) is 14.9 Å². The van der Waals surface area contributed by atoms with Crippen LogP contribution in [-0.2, 0) is 0 Å². The molecule has 0 aliphatic carbocycles. The highest BCUT2D eigenvalue weighted by Gasteiger charge is 2.15. The summed E-state index contributed by atoms with van der Waals surface area (Å²) in [6.45, 7) is 3.31. The number of carbonyl (C=O) groups is 1. The Morgan fingerprint density at radius 2 is 2.16 bits per heavy atom. The summed E-state index contributed by atoms with van der Waals surface area (Å²) in [5, 5.41) is 16.8. The molecule has 0 bridgehead atoms. The summed E-state index contributed by atoms with van der Waals surface area (Å²) in [4.78, 5) is 22.1. The van der Waals surface area contributed by atoms with E-state index in [1.54, 1.807) is 13.8 Å². The number of benzene rings is 1. The molecule has 7 heteroatoms. The molecule has 1 N–H and O–H groups in total. The zero-order valence-corrected chi connectivity index (χ0v) is 10.3. The molecule has 0 aliphatic heterocycles. The Bertz CT molecular complexity index is 648. The summed E-state index contributed by atoms with van der Waals surface area (Å²) in [5.41, 5.74) is 1.43. The van der Waals surface area contributed by atoms with Crippen LogP contribution in [0, 0.1) is 24.0 Å². The van der Waals surface area contributed by atoms with Crippen LogP contribution in [0.5, 0.6) is 0 Å². The smallest absolute Gasteiger partial charge is 0.269 e. The molecule has 1 aromatic heterocycles. The van der Waals surface area contributed by atoms with Crippen molar-refractivity contribution in [3.8, 4) is 0 Å². The van der Waals surface area contributed by atoms with E-state index in [0.717, 1.165) is 0 Å². The van der Waals surface area contributed by atoms with Crippen LogP contribution >= 0.6 is 0 Å². The molecule has 0 saturated carbocycles. The minimum Gasteiger partial charge on any atom is -0.361 e. The van der Waals surface area contributed by atoms with Gasteiger partial charge in [0.25, 0.3) is 11.6 Å². The van der Waals surface area contributed by atoms with Gasteiger partial charge in [0.2, 0.25) is 0 Å². The summed E-state index contributed by atoms with van der Waals surface area (Å²) >= 11 is 0. The average molecular weight is 261 g/mol. The van der Waals surface area contributed by atoms with E-state index >= 15 is 0 Å². The van der Waals surface area contributed by atoms with Gasteiger partial charge < -0.3 is 9.84 Å². The highest BCUT2D eigenvalue weighted by Crippen LogP contribution is 2.22. The van der Waals surface area contributed by atoms with Gasteiger partial charge in [0.05, 0.1) is 11.1 Å². The SMILES string of the molecule is Cc1cc([N+](=O)[O-])ccc1NC(=O)c1cnoc1C. The van der Waals surface area contributed by atoms with Crippen molar-refractivity contribution in [2.24, 2.45) is 0 Å². The lowest BCUT2D eigenvalue weighted by atomic mass is 10.1. The standard InChI is InChI=1S/C12H11N3O4/c1-7-5-9(15(17)18)3-4-11(7)14-12(16)10-6-13-19-8(10)2/h3-6H,1-2H3,(H,14,16). The number of aromatic nitrogens is 1. The minimum atomic E-state index is -0.483. The molecule has 0 atom stereocenters. The van der Waals surface area contributed by atoms with Crippen LogP contribution < -0.4 is 5.32 Å². The fourth-order valence-corrected chi connectivity index (χ4v) is 1.61. The van der Waals surface area contributed by atoms with Gasteiger partial charge in [-0.3, -0.25) is 14.9 Å². The number of aryl methyl sites for hydroxylation is 2. The summed E-state index contributed by atoms with van der Waals surface area (Å²) < 4.78 is 4.80. The lowest BCUT2D eigenvalue weighted by Gasteiger charge is -2.07. The van der Waals surface area contributed by atoms with Gasteiger partial charge >= 0.3 is 0 Å². The van der Waals surface area contributed by atoms with Crippen molar-refractivity contribution < 1.29 is 14.2 Å². The third kappa shape index (κ3) is 2.59. The first-order chi connectivity index (χ1) is 8.99. The normalized spacial score (nSPS) is 10.2. The Kier molecular flexibility index (Phi) is 3.28. The number of hydrogen-bond acceptors (Lipinski definition) is 5. The fourth-order valence-electron chi connectivity index (χ4n) is 1.61. The zero-order valence-electron chi connectivity index (χ0n) is 10.3. The molecule has 1 aromatic carbocycles. The Balaban J connectivity index is 2.23. The largest absolute Gasteiger partial charge is 0.361 e. The maximum Gasteiger partial charge on any atom is 0.269 e. The first kappa shape index (κ1) is 12.7. The lowest BCUT2D eigenvalue weighted by Crippen LogP contribution is -2.13. The van der Waals surface area contributed by atoms with Crippen LogP contribution in [0.2, 0.25) is 0 Å². The number of carbonyl (C=O) groups excluding carboxylic acids is 1. The molecule has 1 heterocycles. The number of amides is 1. The molecule has 0 unspecified atom stereocenters. The molecule has 0 spiro atoms. The highest BCUT2D eigenvalue weighted by molar-refractivity contribution is 6.05. The molecule has 0 aliphatic rings. The molecular weight excluding hydrogens is 250 g/mol. The highest BCUT2D eigenvalue weighted by atomic mass is 16.6. The number of anilines is 1. The number of nitro groups is 1. The van der Waals surface area contributed by atoms with E-state index in [4.69, 9.17) is 4.52 Å². The van der Waals surface area contributed by atoms with Crippen LogP contribution in [0.3, 0.4) is 0 Å². The molecule has 0 fully saturated rings. The van der Waals surface area contributed by atoms with E-state index in [1.807, 2.05) is 0 Å². The molecule has 1 amide bonds. The first-order valence-corrected chi connectivity index (χ1v) is 5.46. The van der Waals surface area contributed by atoms with Gasteiger partial charge in [-0.1, -0.05) is 5.16 Å². The Labute approximate surface area is 108 Å². The number of nitrogens with one attached hydrogen (secondary N) is 1. The van der Waals surface area contributed by atoms with Crippen molar-refractivity contribution in [1.29, 1.82) is 0 Å². The lowest BCUT2D eigenvalue weighted by molar-refractivity contribution is -0.384. The summed E-state index contributed by atoms with van der Waals surface area (Å²) in [6, 6.07) is 4.23. The van der Waals surface area contributed by atoms with Gasteiger partial charge in [-0.15, -0.1) is 0 Å². The number of nitrogens with zero attached hydrogens (tertiary/aromatic N) is 2. The maximum absolute atomic E-state index is 11.9. The van der Waals surface area contributed by atoms with Crippen LogP contribution in [0.4, 0.5) is 11.4 Å². The molecule has 0 radical (unpaired) electrons. The van der Waals surface area contributed by atoms with E-state index in [0.29, 0.717) is 22.6 Å². The van der Waals surface area contributed by atoms with Crippen LogP contribution in [0.1, 0.15) is 21.7 Å². The van der Waals surface area contributed by atoms with Gasteiger partial charge in [-0.25, -0.2) is 0 Å². The number of non-ortho nitro benzene ring substituents is 1.